The van der Waals surface area contributed by atoms with Gasteiger partial charge in [0, 0.05) is 0 Å². The molecule has 0 radical (unpaired) electrons. The average Bonchev–Trinajstić information content (AvgIpc) is 2.25. The third-order valence-corrected chi connectivity index (χ3v) is 2.38. The van der Waals surface area contributed by atoms with Crippen molar-refractivity contribution in [3.8, 4) is 6.07 Å². The Hall–Kier alpha value is -1.87. The smallest absolute Gasteiger partial charge is 0.240 e. The molecule has 90 valence electrons. The van der Waals surface area contributed by atoms with Crippen LogP contribution >= 0.6 is 11.6 Å². The summed E-state index contributed by atoms with van der Waals surface area (Å²) in [5.74, 6) is -0.169. The third-order valence-electron chi connectivity index (χ3n) is 2.11. The first-order valence-electron chi connectivity index (χ1n) is 4.94. The monoisotopic (exact) mass is 253 g/mol. The van der Waals surface area contributed by atoms with Gasteiger partial charge in [0.2, 0.25) is 5.91 Å². The molecule has 0 saturated carbocycles. The van der Waals surface area contributed by atoms with Gasteiger partial charge >= 0.3 is 0 Å². The Kier molecular flexibility index (Phi) is 4.24. The summed E-state index contributed by atoms with van der Waals surface area (Å²) in [5.41, 5.74) is 5.28. The summed E-state index contributed by atoms with van der Waals surface area (Å²) in [6, 6.07) is 1.23. The van der Waals surface area contributed by atoms with E-state index in [9.17, 15) is 4.79 Å². The molecule has 1 atom stereocenters. The molecule has 3 N–H and O–H groups in total. The van der Waals surface area contributed by atoms with Gasteiger partial charge < -0.3 is 11.1 Å². The van der Waals surface area contributed by atoms with Crippen molar-refractivity contribution in [3.63, 3.8) is 0 Å². The lowest BCUT2D eigenvalue weighted by Crippen LogP contribution is -2.39. The molecule has 1 aromatic rings. The van der Waals surface area contributed by atoms with Crippen LogP contribution in [0.4, 0.5) is 5.82 Å². The maximum atomic E-state index is 11.2. The maximum Gasteiger partial charge on any atom is 0.240 e. The lowest BCUT2D eigenvalue weighted by Gasteiger charge is -2.19. The first-order chi connectivity index (χ1) is 7.95. The molecule has 1 rings (SSSR count). The van der Waals surface area contributed by atoms with E-state index in [1.54, 1.807) is 6.07 Å². The summed E-state index contributed by atoms with van der Waals surface area (Å²) >= 11 is 5.72. The number of hydrogen-bond acceptors (Lipinski definition) is 5. The highest BCUT2D eigenvalue weighted by Crippen LogP contribution is 2.15. The van der Waals surface area contributed by atoms with E-state index in [-0.39, 0.29) is 16.8 Å². The van der Waals surface area contributed by atoms with Gasteiger partial charge in [-0.2, -0.15) is 5.26 Å². The fourth-order valence-electron chi connectivity index (χ4n) is 1.24. The van der Waals surface area contributed by atoms with Crippen molar-refractivity contribution in [3.05, 3.63) is 17.0 Å². The van der Waals surface area contributed by atoms with Crippen LogP contribution in [-0.4, -0.2) is 21.9 Å². The molecule has 0 bridgehead atoms. The highest BCUT2D eigenvalue weighted by molar-refractivity contribution is 6.30. The fourth-order valence-corrected chi connectivity index (χ4v) is 1.42. The molecule has 1 amide bonds. The van der Waals surface area contributed by atoms with E-state index < -0.39 is 11.9 Å². The number of nitrogens with zero attached hydrogens (tertiary/aromatic N) is 3. The Balaban J connectivity index is 2.92. The molecule has 0 spiro atoms. The minimum Gasteiger partial charge on any atom is -0.368 e. The molecule has 1 aromatic heterocycles. The van der Waals surface area contributed by atoms with E-state index in [1.807, 2.05) is 13.8 Å². The van der Waals surface area contributed by atoms with Crippen molar-refractivity contribution >= 4 is 23.3 Å². The summed E-state index contributed by atoms with van der Waals surface area (Å²) in [4.78, 5) is 18.9. The van der Waals surface area contributed by atoms with E-state index in [4.69, 9.17) is 22.6 Å². The Morgan fingerprint density at radius 3 is 2.71 bits per heavy atom. The molecule has 0 aromatic carbocycles. The minimum atomic E-state index is -0.562. The van der Waals surface area contributed by atoms with Crippen LogP contribution in [0.2, 0.25) is 5.15 Å². The standard InChI is InChI=1S/C10H12ClN5O/c1-5(2)8(10(13)17)15-7-4-14-6(3-12)9(11)16-7/h4-5,8H,1-2H3,(H2,13,17)(H,15,16). The van der Waals surface area contributed by atoms with Crippen LogP contribution in [0.25, 0.3) is 0 Å². The Morgan fingerprint density at radius 1 is 1.65 bits per heavy atom. The van der Waals surface area contributed by atoms with Crippen LogP contribution in [0.3, 0.4) is 0 Å². The van der Waals surface area contributed by atoms with Crippen molar-refractivity contribution in [1.82, 2.24) is 9.97 Å². The van der Waals surface area contributed by atoms with Gasteiger partial charge in [-0.3, -0.25) is 4.79 Å². The normalized spacial score (nSPS) is 11.9. The highest BCUT2D eigenvalue weighted by atomic mass is 35.5. The largest absolute Gasteiger partial charge is 0.368 e. The van der Waals surface area contributed by atoms with Crippen molar-refractivity contribution in [1.29, 1.82) is 5.26 Å². The first kappa shape index (κ1) is 13.2. The van der Waals surface area contributed by atoms with Crippen LogP contribution in [-0.2, 0) is 4.79 Å². The van der Waals surface area contributed by atoms with E-state index in [2.05, 4.69) is 15.3 Å². The maximum absolute atomic E-state index is 11.2. The van der Waals surface area contributed by atoms with Gasteiger partial charge in [-0.05, 0) is 5.92 Å². The fraction of sp³-hybridized carbons (Fsp3) is 0.400. The SMILES string of the molecule is CC(C)C(Nc1cnc(C#N)c(Cl)n1)C(N)=O. The van der Waals surface area contributed by atoms with Crippen molar-refractivity contribution < 1.29 is 4.79 Å². The highest BCUT2D eigenvalue weighted by Gasteiger charge is 2.20. The summed E-state index contributed by atoms with van der Waals surface area (Å²) < 4.78 is 0. The number of halogens is 1. The molecular weight excluding hydrogens is 242 g/mol. The molecule has 7 heteroatoms. The summed E-state index contributed by atoms with van der Waals surface area (Å²) in [7, 11) is 0. The lowest BCUT2D eigenvalue weighted by molar-refractivity contribution is -0.119. The number of nitrogens with two attached hydrogens (primary N) is 1. The van der Waals surface area contributed by atoms with Gasteiger partial charge in [0.1, 0.15) is 17.9 Å². The molecule has 0 aliphatic carbocycles. The van der Waals surface area contributed by atoms with Crippen LogP contribution in [0, 0.1) is 17.2 Å². The zero-order chi connectivity index (χ0) is 13.0. The van der Waals surface area contributed by atoms with Gasteiger partial charge in [-0.25, -0.2) is 9.97 Å². The summed E-state index contributed by atoms with van der Waals surface area (Å²) in [5, 5.41) is 11.5. The van der Waals surface area contributed by atoms with Crippen molar-refractivity contribution in [2.45, 2.75) is 19.9 Å². The number of anilines is 1. The van der Waals surface area contributed by atoms with E-state index in [0.717, 1.165) is 0 Å². The molecule has 0 aliphatic rings. The van der Waals surface area contributed by atoms with Crippen LogP contribution < -0.4 is 11.1 Å². The van der Waals surface area contributed by atoms with Gasteiger partial charge in [-0.15, -0.1) is 0 Å². The molecule has 1 unspecified atom stereocenters. The van der Waals surface area contributed by atoms with Gasteiger partial charge in [-0.1, -0.05) is 25.4 Å². The molecule has 0 saturated heterocycles. The number of carbonyl (C=O) groups excluding carboxylic acids is 1. The number of aromatic nitrogens is 2. The average molecular weight is 254 g/mol. The Bertz CT molecular complexity index is 468. The quantitative estimate of drug-likeness (QED) is 0.830. The van der Waals surface area contributed by atoms with Crippen LogP contribution in [0.15, 0.2) is 6.20 Å². The van der Waals surface area contributed by atoms with Crippen LogP contribution in [0.5, 0.6) is 0 Å². The zero-order valence-electron chi connectivity index (χ0n) is 9.44. The van der Waals surface area contributed by atoms with Crippen molar-refractivity contribution in [2.24, 2.45) is 11.7 Å². The minimum absolute atomic E-state index is 0.00344. The summed E-state index contributed by atoms with van der Waals surface area (Å²) in [6.45, 7) is 3.70. The Morgan fingerprint density at radius 2 is 2.29 bits per heavy atom. The summed E-state index contributed by atoms with van der Waals surface area (Å²) in [6.07, 6.45) is 1.34. The molecule has 0 aliphatic heterocycles. The molecular formula is C10H12ClN5O. The number of nitriles is 1. The van der Waals surface area contributed by atoms with Crippen LogP contribution in [0.1, 0.15) is 19.5 Å². The Labute approximate surface area is 104 Å². The topological polar surface area (TPSA) is 105 Å². The predicted molar refractivity (Wildman–Crippen MR) is 63.2 cm³/mol. The zero-order valence-corrected chi connectivity index (χ0v) is 10.2. The van der Waals surface area contributed by atoms with E-state index >= 15 is 0 Å². The molecule has 0 fully saturated rings. The number of nitrogens with one attached hydrogen (secondary N) is 1. The van der Waals surface area contributed by atoms with E-state index in [0.29, 0.717) is 5.82 Å². The second-order valence-corrected chi connectivity index (χ2v) is 4.13. The number of primary amides is 1. The van der Waals surface area contributed by atoms with Crippen molar-refractivity contribution in [2.75, 3.05) is 5.32 Å². The second kappa shape index (κ2) is 5.46. The molecule has 17 heavy (non-hydrogen) atoms. The first-order valence-corrected chi connectivity index (χ1v) is 5.32. The third kappa shape index (κ3) is 3.29. The van der Waals surface area contributed by atoms with E-state index in [1.165, 1.54) is 6.20 Å². The second-order valence-electron chi connectivity index (χ2n) is 3.77. The molecule has 6 nitrogen and oxygen atoms in total. The molecule has 1 heterocycles. The van der Waals surface area contributed by atoms with Gasteiger partial charge in [0.25, 0.3) is 0 Å². The predicted octanol–water partition coefficient (Wildman–Crippen LogP) is 0.923. The number of amides is 1. The lowest BCUT2D eigenvalue weighted by atomic mass is 10.0. The number of rotatable bonds is 4. The number of carbonyl (C=O) groups is 1. The van der Waals surface area contributed by atoms with Gasteiger partial charge in [0.05, 0.1) is 6.20 Å². The number of hydrogen-bond donors (Lipinski definition) is 2. The van der Waals surface area contributed by atoms with Gasteiger partial charge in [0.15, 0.2) is 10.8 Å².